The van der Waals surface area contributed by atoms with Gasteiger partial charge in [0.05, 0.1) is 12.7 Å². The molecular formula is C19H17BrN4O2. The Labute approximate surface area is 159 Å². The van der Waals surface area contributed by atoms with E-state index >= 15 is 0 Å². The van der Waals surface area contributed by atoms with Crippen LogP contribution in [0.3, 0.4) is 0 Å². The van der Waals surface area contributed by atoms with E-state index in [1.165, 1.54) is 7.11 Å². The van der Waals surface area contributed by atoms with Crippen LogP contribution < -0.4 is 10.6 Å². The van der Waals surface area contributed by atoms with Gasteiger partial charge in [0, 0.05) is 27.6 Å². The highest BCUT2D eigenvalue weighted by Crippen LogP contribution is 2.25. The lowest BCUT2D eigenvalue weighted by molar-refractivity contribution is 0.0599. The Kier molecular flexibility index (Phi) is 5.48. The summed E-state index contributed by atoms with van der Waals surface area (Å²) >= 11 is 3.35. The molecule has 6 nitrogen and oxygen atoms in total. The fraction of sp³-hybridized carbons (Fsp3) is 0.105. The number of aromatic nitrogens is 2. The molecule has 2 N–H and O–H groups in total. The molecule has 0 saturated heterocycles. The van der Waals surface area contributed by atoms with Gasteiger partial charge < -0.3 is 15.4 Å². The van der Waals surface area contributed by atoms with Gasteiger partial charge in [-0.3, -0.25) is 0 Å². The van der Waals surface area contributed by atoms with Gasteiger partial charge in [-0.1, -0.05) is 18.2 Å². The van der Waals surface area contributed by atoms with Crippen LogP contribution >= 0.6 is 15.9 Å². The normalized spacial score (nSPS) is 10.3. The summed E-state index contributed by atoms with van der Waals surface area (Å²) in [5.74, 6) is 0.711. The summed E-state index contributed by atoms with van der Waals surface area (Å²) in [6, 6.07) is 15.1. The average molecular weight is 413 g/mol. The highest BCUT2D eigenvalue weighted by molar-refractivity contribution is 9.10. The fourth-order valence-corrected chi connectivity index (χ4v) is 2.69. The van der Waals surface area contributed by atoms with Crippen molar-refractivity contribution < 1.29 is 9.53 Å². The first-order valence-corrected chi connectivity index (χ1v) is 8.66. The molecule has 1 heterocycles. The van der Waals surface area contributed by atoms with Gasteiger partial charge in [0.2, 0.25) is 5.95 Å². The zero-order chi connectivity index (χ0) is 18.5. The summed E-state index contributed by atoms with van der Waals surface area (Å²) in [4.78, 5) is 20.6. The van der Waals surface area contributed by atoms with E-state index < -0.39 is 5.97 Å². The van der Waals surface area contributed by atoms with Crippen molar-refractivity contribution in [2.24, 2.45) is 0 Å². The Morgan fingerprint density at radius 3 is 2.58 bits per heavy atom. The first kappa shape index (κ1) is 17.9. The Morgan fingerprint density at radius 2 is 1.85 bits per heavy atom. The smallest absolute Gasteiger partial charge is 0.339 e. The number of para-hydroxylation sites is 1. The van der Waals surface area contributed by atoms with Crippen LogP contribution in [0.2, 0.25) is 0 Å². The standard InChI is InChI=1S/C19H17BrN4O2/c1-12-11-21-19(24-17(12)22-13-6-4-3-5-7-13)23-14-8-9-16(20)15(10-14)18(25)26-2/h3-11H,1-2H3,(H2,21,22,23,24). The molecule has 0 unspecified atom stereocenters. The SMILES string of the molecule is COC(=O)c1cc(Nc2ncc(C)c(Nc3ccccc3)n2)ccc1Br. The van der Waals surface area contributed by atoms with Crippen LogP contribution in [0.15, 0.2) is 59.2 Å². The van der Waals surface area contributed by atoms with Crippen molar-refractivity contribution >= 4 is 45.0 Å². The quantitative estimate of drug-likeness (QED) is 0.584. The number of carbonyl (C=O) groups is 1. The van der Waals surface area contributed by atoms with E-state index in [0.717, 1.165) is 11.3 Å². The molecule has 0 saturated carbocycles. The van der Waals surface area contributed by atoms with E-state index in [2.05, 4.69) is 36.5 Å². The zero-order valence-electron chi connectivity index (χ0n) is 14.3. The Hall–Kier alpha value is -2.93. The van der Waals surface area contributed by atoms with Gasteiger partial charge in [-0.25, -0.2) is 9.78 Å². The number of benzene rings is 2. The number of rotatable bonds is 5. The molecule has 3 rings (SSSR count). The minimum atomic E-state index is -0.420. The van der Waals surface area contributed by atoms with Crippen molar-refractivity contribution in [2.75, 3.05) is 17.7 Å². The maximum atomic E-state index is 11.8. The summed E-state index contributed by atoms with van der Waals surface area (Å²) in [6.45, 7) is 1.93. The van der Waals surface area contributed by atoms with E-state index in [1.54, 1.807) is 18.3 Å². The van der Waals surface area contributed by atoms with Gasteiger partial charge in [-0.15, -0.1) is 0 Å². The Morgan fingerprint density at radius 1 is 1.08 bits per heavy atom. The lowest BCUT2D eigenvalue weighted by atomic mass is 10.2. The summed E-state index contributed by atoms with van der Waals surface area (Å²) < 4.78 is 5.44. The molecule has 0 radical (unpaired) electrons. The molecule has 0 amide bonds. The lowest BCUT2D eigenvalue weighted by Gasteiger charge is -2.12. The number of carbonyl (C=O) groups excluding carboxylic acids is 1. The highest BCUT2D eigenvalue weighted by Gasteiger charge is 2.12. The summed E-state index contributed by atoms with van der Waals surface area (Å²) in [5.41, 5.74) is 2.97. The second-order valence-electron chi connectivity index (χ2n) is 5.53. The average Bonchev–Trinajstić information content (AvgIpc) is 2.66. The number of esters is 1. The number of ether oxygens (including phenoxy) is 1. The predicted molar refractivity (Wildman–Crippen MR) is 105 cm³/mol. The molecular weight excluding hydrogens is 396 g/mol. The number of anilines is 4. The van der Waals surface area contributed by atoms with Gasteiger partial charge in [0.15, 0.2) is 0 Å². The van der Waals surface area contributed by atoms with Crippen molar-refractivity contribution in [3.05, 3.63) is 70.3 Å². The molecule has 0 aliphatic carbocycles. The molecule has 0 fully saturated rings. The van der Waals surface area contributed by atoms with Crippen LogP contribution in [0.1, 0.15) is 15.9 Å². The lowest BCUT2D eigenvalue weighted by Crippen LogP contribution is -2.05. The summed E-state index contributed by atoms with van der Waals surface area (Å²) in [6.07, 6.45) is 1.74. The number of aryl methyl sites for hydroxylation is 1. The molecule has 26 heavy (non-hydrogen) atoms. The monoisotopic (exact) mass is 412 g/mol. The molecule has 3 aromatic rings. The van der Waals surface area contributed by atoms with Crippen molar-refractivity contribution in [2.45, 2.75) is 6.92 Å². The van der Waals surface area contributed by atoms with Gasteiger partial charge in [0.25, 0.3) is 0 Å². The molecule has 0 bridgehead atoms. The molecule has 1 aromatic heterocycles. The number of hydrogen-bond donors (Lipinski definition) is 2. The first-order chi connectivity index (χ1) is 12.6. The van der Waals surface area contributed by atoms with Crippen LogP contribution in [0.5, 0.6) is 0 Å². The molecule has 0 spiro atoms. The second kappa shape index (κ2) is 7.97. The van der Waals surface area contributed by atoms with Crippen LogP contribution in [0, 0.1) is 6.92 Å². The third-order valence-corrected chi connectivity index (χ3v) is 4.33. The van der Waals surface area contributed by atoms with Gasteiger partial charge in [-0.2, -0.15) is 4.98 Å². The van der Waals surface area contributed by atoms with Crippen molar-refractivity contribution in [3.63, 3.8) is 0 Å². The highest BCUT2D eigenvalue weighted by atomic mass is 79.9. The fourth-order valence-electron chi connectivity index (χ4n) is 2.29. The molecule has 2 aromatic carbocycles. The van der Waals surface area contributed by atoms with E-state index in [-0.39, 0.29) is 0 Å². The summed E-state index contributed by atoms with van der Waals surface area (Å²) in [5, 5.41) is 6.39. The maximum Gasteiger partial charge on any atom is 0.339 e. The number of halogens is 1. The minimum Gasteiger partial charge on any atom is -0.465 e. The van der Waals surface area contributed by atoms with Gasteiger partial charge >= 0.3 is 5.97 Å². The molecule has 0 aliphatic heterocycles. The molecule has 132 valence electrons. The first-order valence-electron chi connectivity index (χ1n) is 7.87. The number of methoxy groups -OCH3 is 1. The third-order valence-electron chi connectivity index (χ3n) is 3.64. The van der Waals surface area contributed by atoms with Gasteiger partial charge in [-0.05, 0) is 53.2 Å². The molecule has 0 atom stereocenters. The topological polar surface area (TPSA) is 76.1 Å². The summed E-state index contributed by atoms with van der Waals surface area (Å²) in [7, 11) is 1.35. The van der Waals surface area contributed by atoms with Crippen molar-refractivity contribution in [1.29, 1.82) is 0 Å². The third kappa shape index (κ3) is 4.18. The minimum absolute atomic E-state index is 0.420. The van der Waals surface area contributed by atoms with Crippen LogP contribution in [0.4, 0.5) is 23.1 Å². The van der Waals surface area contributed by atoms with Crippen LogP contribution in [-0.4, -0.2) is 23.0 Å². The van der Waals surface area contributed by atoms with Crippen LogP contribution in [0.25, 0.3) is 0 Å². The Bertz CT molecular complexity index is 932. The largest absolute Gasteiger partial charge is 0.465 e. The number of nitrogens with one attached hydrogen (secondary N) is 2. The molecule has 0 aliphatic rings. The van der Waals surface area contributed by atoms with E-state index in [0.29, 0.717) is 27.5 Å². The van der Waals surface area contributed by atoms with Crippen molar-refractivity contribution in [3.8, 4) is 0 Å². The van der Waals surface area contributed by atoms with E-state index in [4.69, 9.17) is 4.74 Å². The maximum absolute atomic E-state index is 11.8. The second-order valence-corrected chi connectivity index (χ2v) is 6.38. The number of nitrogens with zero attached hydrogens (tertiary/aromatic N) is 2. The molecule has 7 heteroatoms. The van der Waals surface area contributed by atoms with Gasteiger partial charge in [0.1, 0.15) is 5.82 Å². The zero-order valence-corrected chi connectivity index (χ0v) is 15.9. The van der Waals surface area contributed by atoms with E-state index in [9.17, 15) is 4.79 Å². The Balaban J connectivity index is 1.84. The van der Waals surface area contributed by atoms with E-state index in [1.807, 2.05) is 43.3 Å². The number of hydrogen-bond acceptors (Lipinski definition) is 6. The van der Waals surface area contributed by atoms with Crippen molar-refractivity contribution in [1.82, 2.24) is 9.97 Å². The van der Waals surface area contributed by atoms with Crippen LogP contribution in [-0.2, 0) is 4.74 Å². The predicted octanol–water partition coefficient (Wildman–Crippen LogP) is 4.82.